The number of hydrogen-bond donors (Lipinski definition) is 0. The quantitative estimate of drug-likeness (QED) is 0.505. The first kappa shape index (κ1) is 9.73. The molecule has 1 rings (SSSR count). The van der Waals surface area contributed by atoms with Crippen LogP contribution in [-0.4, -0.2) is 10.9 Å². The second-order valence-corrected chi connectivity index (χ2v) is 2.63. The zero-order valence-electron chi connectivity index (χ0n) is 6.53. The lowest BCUT2D eigenvalue weighted by molar-refractivity contribution is -0.428. The molecule has 5 nitrogen and oxygen atoms in total. The summed E-state index contributed by atoms with van der Waals surface area (Å²) in [5.74, 6) is -0.652. The van der Waals surface area contributed by atoms with Gasteiger partial charge in [0.25, 0.3) is 0 Å². The van der Waals surface area contributed by atoms with Gasteiger partial charge in [-0.3, -0.25) is 10.1 Å². The maximum absolute atomic E-state index is 10.8. The lowest BCUT2D eigenvalue weighted by Crippen LogP contribution is -2.08. The SMILES string of the molecule is O=C(OCl)C1=CC=C([N+](=O)[O-])CC1. The Morgan fingerprint density at radius 1 is 1.54 bits per heavy atom. The predicted molar refractivity (Wildman–Crippen MR) is 44.3 cm³/mol. The van der Waals surface area contributed by atoms with Gasteiger partial charge < -0.3 is 4.29 Å². The Kier molecular flexibility index (Phi) is 3.02. The van der Waals surface area contributed by atoms with Crippen LogP contribution in [0, 0.1) is 10.1 Å². The van der Waals surface area contributed by atoms with E-state index in [1.165, 1.54) is 12.2 Å². The Labute approximate surface area is 78.9 Å². The number of carbonyl (C=O) groups is 1. The maximum atomic E-state index is 10.8. The topological polar surface area (TPSA) is 69.4 Å². The molecule has 0 amide bonds. The van der Waals surface area contributed by atoms with Crippen LogP contribution in [0.5, 0.6) is 0 Å². The Morgan fingerprint density at radius 2 is 2.23 bits per heavy atom. The summed E-state index contributed by atoms with van der Waals surface area (Å²) in [5, 5.41) is 10.3. The summed E-state index contributed by atoms with van der Waals surface area (Å²) in [7, 11) is 0. The third kappa shape index (κ3) is 2.29. The lowest BCUT2D eigenvalue weighted by Gasteiger charge is -2.05. The van der Waals surface area contributed by atoms with Crippen molar-refractivity contribution in [3.8, 4) is 0 Å². The number of rotatable bonds is 2. The van der Waals surface area contributed by atoms with Gasteiger partial charge >= 0.3 is 5.97 Å². The van der Waals surface area contributed by atoms with Gasteiger partial charge in [-0.1, -0.05) is 0 Å². The van der Waals surface area contributed by atoms with Crippen molar-refractivity contribution in [2.24, 2.45) is 0 Å². The van der Waals surface area contributed by atoms with Crippen LogP contribution in [0.25, 0.3) is 0 Å². The first-order valence-electron chi connectivity index (χ1n) is 3.52. The average molecular weight is 204 g/mol. The van der Waals surface area contributed by atoms with Crippen molar-refractivity contribution in [1.29, 1.82) is 0 Å². The molecular weight excluding hydrogens is 198 g/mol. The zero-order chi connectivity index (χ0) is 9.84. The predicted octanol–water partition coefficient (Wildman–Crippen LogP) is 1.56. The van der Waals surface area contributed by atoms with Gasteiger partial charge in [0.1, 0.15) is 11.9 Å². The van der Waals surface area contributed by atoms with Gasteiger partial charge in [0.05, 0.1) is 4.92 Å². The fourth-order valence-electron chi connectivity index (χ4n) is 0.998. The summed E-state index contributed by atoms with van der Waals surface area (Å²) in [5.41, 5.74) is 0.437. The number of allylic oxidation sites excluding steroid dienone is 3. The number of halogens is 1. The zero-order valence-corrected chi connectivity index (χ0v) is 7.28. The fourth-order valence-corrected chi connectivity index (χ4v) is 1.10. The van der Waals surface area contributed by atoms with Crippen LogP contribution in [0.3, 0.4) is 0 Å². The highest BCUT2D eigenvalue weighted by Gasteiger charge is 2.19. The van der Waals surface area contributed by atoms with Gasteiger partial charge in [-0.15, -0.1) is 0 Å². The number of nitro groups is 1. The van der Waals surface area contributed by atoms with Gasteiger partial charge in [0.2, 0.25) is 5.70 Å². The molecule has 0 aliphatic heterocycles. The Balaban J connectivity index is 2.76. The molecule has 0 radical (unpaired) electrons. The van der Waals surface area contributed by atoms with Gasteiger partial charge in [-0.05, 0) is 12.5 Å². The highest BCUT2D eigenvalue weighted by Crippen LogP contribution is 2.19. The molecule has 0 unspecified atom stereocenters. The van der Waals surface area contributed by atoms with E-state index in [0.717, 1.165) is 0 Å². The van der Waals surface area contributed by atoms with Crippen LogP contribution in [0.2, 0.25) is 0 Å². The Morgan fingerprint density at radius 3 is 2.62 bits per heavy atom. The van der Waals surface area contributed by atoms with Crippen molar-refractivity contribution in [3.63, 3.8) is 0 Å². The highest BCUT2D eigenvalue weighted by atomic mass is 35.5. The smallest absolute Gasteiger partial charge is 0.343 e. The van der Waals surface area contributed by atoms with Gasteiger partial charge in [-0.2, -0.15) is 0 Å². The summed E-state index contributed by atoms with van der Waals surface area (Å²) >= 11 is 4.84. The summed E-state index contributed by atoms with van der Waals surface area (Å²) < 4.78 is 3.95. The monoisotopic (exact) mass is 203 g/mol. The van der Waals surface area contributed by atoms with Gasteiger partial charge in [-0.25, -0.2) is 4.79 Å². The van der Waals surface area contributed by atoms with E-state index in [2.05, 4.69) is 4.29 Å². The van der Waals surface area contributed by atoms with Crippen LogP contribution in [-0.2, 0) is 9.08 Å². The van der Waals surface area contributed by atoms with E-state index in [1.807, 2.05) is 0 Å². The first-order chi connectivity index (χ1) is 6.15. The third-order valence-electron chi connectivity index (χ3n) is 1.69. The van der Waals surface area contributed by atoms with E-state index < -0.39 is 10.9 Å². The molecule has 0 aromatic rings. The molecule has 6 heteroatoms. The van der Waals surface area contributed by atoms with E-state index >= 15 is 0 Å². The lowest BCUT2D eigenvalue weighted by atomic mass is 10.0. The first-order valence-corrected chi connectivity index (χ1v) is 3.83. The van der Waals surface area contributed by atoms with Crippen molar-refractivity contribution < 1.29 is 14.0 Å². The van der Waals surface area contributed by atoms with Crippen LogP contribution in [0.4, 0.5) is 0 Å². The Bertz CT molecular complexity index is 308. The molecule has 0 N–H and O–H groups in total. The molecule has 0 heterocycles. The molecule has 0 aromatic carbocycles. The average Bonchev–Trinajstić information content (AvgIpc) is 2.17. The summed E-state index contributed by atoms with van der Waals surface area (Å²) in [4.78, 5) is 20.6. The Hall–Kier alpha value is -1.36. The molecular formula is C7H6ClNO4. The fraction of sp³-hybridized carbons (Fsp3) is 0.286. The molecule has 0 fully saturated rings. The van der Waals surface area contributed by atoms with Gasteiger partial charge in [0.15, 0.2) is 0 Å². The molecule has 70 valence electrons. The molecule has 0 saturated heterocycles. The molecule has 13 heavy (non-hydrogen) atoms. The summed E-state index contributed by atoms with van der Waals surface area (Å²) in [6.45, 7) is 0. The number of nitrogens with zero attached hydrogens (tertiary/aromatic N) is 1. The van der Waals surface area contributed by atoms with Crippen LogP contribution < -0.4 is 0 Å². The molecule has 1 aliphatic carbocycles. The van der Waals surface area contributed by atoms with Crippen molar-refractivity contribution in [1.82, 2.24) is 0 Å². The van der Waals surface area contributed by atoms with E-state index in [0.29, 0.717) is 12.0 Å². The minimum absolute atomic E-state index is 0.0890. The van der Waals surface area contributed by atoms with E-state index in [1.54, 1.807) is 0 Å². The van der Waals surface area contributed by atoms with Crippen molar-refractivity contribution in [2.75, 3.05) is 0 Å². The molecule has 0 saturated carbocycles. The van der Waals surface area contributed by atoms with E-state index in [-0.39, 0.29) is 12.1 Å². The molecule has 0 bridgehead atoms. The highest BCUT2D eigenvalue weighted by molar-refractivity contribution is 6.15. The minimum atomic E-state index is -0.652. The molecule has 1 aliphatic rings. The second kappa shape index (κ2) is 4.04. The largest absolute Gasteiger partial charge is 0.352 e. The number of hydrogen-bond acceptors (Lipinski definition) is 4. The maximum Gasteiger partial charge on any atom is 0.352 e. The molecule has 0 spiro atoms. The van der Waals surface area contributed by atoms with E-state index in [9.17, 15) is 14.9 Å². The van der Waals surface area contributed by atoms with Gasteiger partial charge in [0, 0.05) is 18.1 Å². The van der Waals surface area contributed by atoms with Crippen LogP contribution >= 0.6 is 11.9 Å². The minimum Gasteiger partial charge on any atom is -0.343 e. The van der Waals surface area contributed by atoms with Crippen LogP contribution in [0.15, 0.2) is 23.4 Å². The third-order valence-corrected chi connectivity index (χ3v) is 1.83. The van der Waals surface area contributed by atoms with Crippen molar-refractivity contribution >= 4 is 17.8 Å². The summed E-state index contributed by atoms with van der Waals surface area (Å²) in [6.07, 6.45) is 3.15. The normalized spacial score (nSPS) is 15.8. The standard InChI is InChI=1S/C7H6ClNO4/c8-13-7(10)5-1-3-6(4-2-5)9(11)12/h1,3H,2,4H2. The molecule has 0 atom stereocenters. The second-order valence-electron chi connectivity index (χ2n) is 2.47. The van der Waals surface area contributed by atoms with Crippen LogP contribution in [0.1, 0.15) is 12.8 Å². The number of carbonyl (C=O) groups excluding carboxylic acids is 1. The molecule has 0 aromatic heterocycles. The van der Waals surface area contributed by atoms with E-state index in [4.69, 9.17) is 11.9 Å². The van der Waals surface area contributed by atoms with Crippen molar-refractivity contribution in [2.45, 2.75) is 12.8 Å². The van der Waals surface area contributed by atoms with Crippen molar-refractivity contribution in [3.05, 3.63) is 33.5 Å². The summed E-state index contributed by atoms with van der Waals surface area (Å²) in [6, 6.07) is 0.